The molecule has 0 bridgehead atoms. The molecule has 0 aliphatic rings. The molecule has 0 spiro atoms. The van der Waals surface area contributed by atoms with Crippen molar-refractivity contribution in [2.75, 3.05) is 47.4 Å². The average Bonchev–Trinajstić information content (AvgIpc) is 2.51. The molecule has 0 radical (unpaired) electrons. The monoisotopic (exact) mass is 317 g/mol. The molecule has 2 N–H and O–H groups in total. The topological polar surface area (TPSA) is 41.5 Å². The summed E-state index contributed by atoms with van der Waals surface area (Å²) in [6, 6.07) is 14.1. The second kappa shape index (κ2) is 8.29. The molecule has 2 aromatic carbocycles. The lowest BCUT2D eigenvalue weighted by Crippen LogP contribution is -2.38. The summed E-state index contributed by atoms with van der Waals surface area (Å²) < 4.78 is 6.77. The van der Waals surface area contributed by atoms with Crippen LogP contribution in [0.25, 0.3) is 10.8 Å². The Morgan fingerprint density at radius 3 is 2.61 bits per heavy atom. The smallest absolute Gasteiger partial charge is 0.127 e. The Kier molecular flexibility index (Phi) is 6.39. The third-order valence-corrected chi connectivity index (χ3v) is 3.74. The molecule has 0 saturated carbocycles. The summed E-state index contributed by atoms with van der Waals surface area (Å²) in [6.07, 6.45) is 0.596. The molecule has 0 aromatic heterocycles. The number of fused-ring (bicyclic) bond motifs is 1. The Bertz CT molecular complexity index is 602. The maximum absolute atomic E-state index is 10.1. The Labute approximate surface area is 139 Å². The van der Waals surface area contributed by atoms with E-state index in [1.807, 2.05) is 30.3 Å². The van der Waals surface area contributed by atoms with Crippen LogP contribution in [-0.2, 0) is 0 Å². The minimum atomic E-state index is -0.502. The number of ether oxygens (including phenoxy) is 1. The first kappa shape index (κ1) is 17.7. The molecule has 4 nitrogen and oxygen atoms in total. The van der Waals surface area contributed by atoms with Crippen molar-refractivity contribution in [3.8, 4) is 5.75 Å². The van der Waals surface area contributed by atoms with E-state index in [0.717, 1.165) is 40.5 Å². The minimum Gasteiger partial charge on any atom is -0.490 e. The fourth-order valence-corrected chi connectivity index (χ4v) is 2.51. The van der Waals surface area contributed by atoms with Crippen LogP contribution in [0.2, 0.25) is 0 Å². The molecule has 0 heterocycles. The van der Waals surface area contributed by atoms with Gasteiger partial charge in [-0.1, -0.05) is 36.4 Å². The molecule has 0 amide bonds. The summed E-state index contributed by atoms with van der Waals surface area (Å²) in [5.41, 5.74) is 0. The maximum Gasteiger partial charge on any atom is 0.127 e. The van der Waals surface area contributed by atoms with Crippen LogP contribution in [-0.4, -0.2) is 63.1 Å². The summed E-state index contributed by atoms with van der Waals surface area (Å²) in [5.74, 6) is 0.826. The minimum absolute atomic E-state index is 0.302. The number of rotatable bonds is 9. The fraction of sp³-hybridized carbons (Fsp3) is 0.474. The zero-order valence-corrected chi connectivity index (χ0v) is 14.5. The highest BCUT2D eigenvalue weighted by molar-refractivity contribution is 5.88. The number of nitrogens with one attached hydrogen (secondary N) is 1. The predicted molar refractivity (Wildman–Crippen MR) is 95.8 cm³/mol. The van der Waals surface area contributed by atoms with Crippen LogP contribution < -0.4 is 10.1 Å². The Hall–Kier alpha value is -1.62. The van der Waals surface area contributed by atoms with E-state index in [4.69, 9.17) is 4.74 Å². The Balaban J connectivity index is 1.73. The zero-order chi connectivity index (χ0) is 16.7. The predicted octanol–water partition coefficient (Wildman–Crippen LogP) is 2.27. The van der Waals surface area contributed by atoms with Crippen LogP contribution in [0, 0.1) is 0 Å². The highest BCUT2D eigenvalue weighted by Gasteiger charge is 2.08. The van der Waals surface area contributed by atoms with Crippen molar-refractivity contribution in [1.29, 1.82) is 0 Å². The average molecular weight is 317 g/mol. The number of benzene rings is 2. The van der Waals surface area contributed by atoms with Gasteiger partial charge in [-0.05, 0) is 11.5 Å². The third kappa shape index (κ3) is 6.18. The Morgan fingerprint density at radius 1 is 1.09 bits per heavy atom. The van der Waals surface area contributed by atoms with Crippen LogP contribution in [0.5, 0.6) is 5.75 Å². The summed E-state index contributed by atoms with van der Waals surface area (Å²) in [4.78, 5) is 0. The van der Waals surface area contributed by atoms with E-state index in [0.29, 0.717) is 13.2 Å². The van der Waals surface area contributed by atoms with Crippen LogP contribution >= 0.6 is 0 Å². The molecular formula is C19H29N2O2+. The zero-order valence-electron chi connectivity index (χ0n) is 14.5. The molecule has 2 rings (SSSR count). The van der Waals surface area contributed by atoms with E-state index in [2.05, 4.69) is 38.6 Å². The van der Waals surface area contributed by atoms with Gasteiger partial charge in [-0.15, -0.1) is 0 Å². The lowest BCUT2D eigenvalue weighted by molar-refractivity contribution is -0.870. The number of aliphatic hydroxyl groups is 1. The summed E-state index contributed by atoms with van der Waals surface area (Å²) >= 11 is 0. The second-order valence-corrected chi connectivity index (χ2v) is 7.01. The van der Waals surface area contributed by atoms with Crippen molar-refractivity contribution in [1.82, 2.24) is 5.32 Å². The van der Waals surface area contributed by atoms with Crippen molar-refractivity contribution >= 4 is 10.8 Å². The van der Waals surface area contributed by atoms with Gasteiger partial charge in [0, 0.05) is 24.9 Å². The molecular weight excluding hydrogens is 288 g/mol. The quantitative estimate of drug-likeness (QED) is 0.551. The number of aliphatic hydroxyl groups excluding tert-OH is 1. The van der Waals surface area contributed by atoms with Gasteiger partial charge in [0.05, 0.1) is 27.7 Å². The molecule has 1 unspecified atom stereocenters. The molecule has 4 heteroatoms. The van der Waals surface area contributed by atoms with E-state index in [-0.39, 0.29) is 0 Å². The van der Waals surface area contributed by atoms with E-state index >= 15 is 0 Å². The number of quaternary nitrogens is 1. The standard InChI is InChI=1S/C19H29N2O2/c1-21(2,3)13-7-12-20-14-17(22)15-23-19-11-6-9-16-8-4-5-10-18(16)19/h4-6,8-11,17,20,22H,7,12-15H2,1-3H3/q+1. The summed E-state index contributed by atoms with van der Waals surface area (Å²) in [7, 11) is 6.56. The molecule has 0 aliphatic carbocycles. The van der Waals surface area contributed by atoms with E-state index in [1.54, 1.807) is 0 Å². The maximum atomic E-state index is 10.1. The van der Waals surface area contributed by atoms with E-state index in [1.165, 1.54) is 0 Å². The summed E-state index contributed by atoms with van der Waals surface area (Å²) in [5, 5.41) is 15.6. The van der Waals surface area contributed by atoms with E-state index < -0.39 is 6.10 Å². The first-order valence-corrected chi connectivity index (χ1v) is 8.25. The van der Waals surface area contributed by atoms with Gasteiger partial charge in [0.25, 0.3) is 0 Å². The number of nitrogens with zero attached hydrogens (tertiary/aromatic N) is 1. The third-order valence-electron chi connectivity index (χ3n) is 3.74. The van der Waals surface area contributed by atoms with Gasteiger partial charge >= 0.3 is 0 Å². The fourth-order valence-electron chi connectivity index (χ4n) is 2.51. The van der Waals surface area contributed by atoms with Crippen molar-refractivity contribution in [3.05, 3.63) is 42.5 Å². The SMILES string of the molecule is C[N+](C)(C)CCCNCC(O)COc1cccc2ccccc12. The van der Waals surface area contributed by atoms with E-state index in [9.17, 15) is 5.11 Å². The number of hydrogen-bond acceptors (Lipinski definition) is 3. The molecule has 23 heavy (non-hydrogen) atoms. The lowest BCUT2D eigenvalue weighted by Gasteiger charge is -2.23. The van der Waals surface area contributed by atoms with Crippen molar-refractivity contribution in [2.24, 2.45) is 0 Å². The first-order valence-electron chi connectivity index (χ1n) is 8.25. The van der Waals surface area contributed by atoms with Crippen molar-refractivity contribution in [2.45, 2.75) is 12.5 Å². The van der Waals surface area contributed by atoms with Gasteiger partial charge in [-0.3, -0.25) is 0 Å². The van der Waals surface area contributed by atoms with Gasteiger partial charge in [0.1, 0.15) is 18.5 Å². The molecule has 0 fully saturated rings. The van der Waals surface area contributed by atoms with Crippen LogP contribution in [0.15, 0.2) is 42.5 Å². The van der Waals surface area contributed by atoms with Gasteiger partial charge in [-0.2, -0.15) is 0 Å². The molecule has 1 atom stereocenters. The highest BCUT2D eigenvalue weighted by atomic mass is 16.5. The van der Waals surface area contributed by atoms with Gasteiger partial charge in [0.2, 0.25) is 0 Å². The second-order valence-electron chi connectivity index (χ2n) is 7.01. The molecule has 2 aromatic rings. The van der Waals surface area contributed by atoms with Crippen molar-refractivity contribution in [3.63, 3.8) is 0 Å². The first-order chi connectivity index (χ1) is 11.0. The van der Waals surface area contributed by atoms with Gasteiger partial charge in [0.15, 0.2) is 0 Å². The van der Waals surface area contributed by atoms with Crippen LogP contribution in [0.3, 0.4) is 0 Å². The largest absolute Gasteiger partial charge is 0.490 e. The van der Waals surface area contributed by atoms with Crippen LogP contribution in [0.4, 0.5) is 0 Å². The van der Waals surface area contributed by atoms with Crippen LogP contribution in [0.1, 0.15) is 6.42 Å². The van der Waals surface area contributed by atoms with Crippen molar-refractivity contribution < 1.29 is 14.3 Å². The van der Waals surface area contributed by atoms with Gasteiger partial charge < -0.3 is 19.6 Å². The molecule has 0 saturated heterocycles. The highest BCUT2D eigenvalue weighted by Crippen LogP contribution is 2.25. The Morgan fingerprint density at radius 2 is 1.83 bits per heavy atom. The van der Waals surface area contributed by atoms with Gasteiger partial charge in [-0.25, -0.2) is 0 Å². The number of hydrogen-bond donors (Lipinski definition) is 2. The normalized spacial score (nSPS) is 13.2. The summed E-state index contributed by atoms with van der Waals surface area (Å²) in [6.45, 7) is 2.90. The molecule has 126 valence electrons. The molecule has 0 aliphatic heterocycles. The lowest BCUT2D eigenvalue weighted by atomic mass is 10.1.